The lowest BCUT2D eigenvalue weighted by molar-refractivity contribution is 0.0711. The van der Waals surface area contributed by atoms with Crippen molar-refractivity contribution in [2.24, 2.45) is 0 Å². The van der Waals surface area contributed by atoms with Crippen molar-refractivity contribution in [3.63, 3.8) is 0 Å². The second-order valence-corrected chi connectivity index (χ2v) is 2.27. The fourth-order valence-electron chi connectivity index (χ4n) is 0.768. The minimum absolute atomic E-state index is 0.222. The zero-order valence-corrected chi connectivity index (χ0v) is 6.28. The molecule has 1 rings (SSSR count). The molecule has 0 aromatic carbocycles. The van der Waals surface area contributed by atoms with Crippen LogP contribution in [-0.4, -0.2) is 17.0 Å². The quantitative estimate of drug-likeness (QED) is 0.666. The predicted molar refractivity (Wildman–Crippen MR) is 39.3 cm³/mol. The van der Waals surface area contributed by atoms with Crippen molar-refractivity contribution in [3.05, 3.63) is 24.2 Å². The van der Waals surface area contributed by atoms with E-state index in [9.17, 15) is 4.79 Å². The molecule has 0 saturated carbocycles. The second-order valence-electron chi connectivity index (χ2n) is 2.27. The Morgan fingerprint density at radius 3 is 3.00 bits per heavy atom. The molecular weight excluding hydrogens is 144 g/mol. The molecule has 0 fully saturated rings. The largest absolute Gasteiger partial charge is 0.461 e. The van der Waals surface area contributed by atoms with Crippen LogP contribution in [0.4, 0.5) is 0 Å². The molecule has 11 heavy (non-hydrogen) atoms. The van der Waals surface area contributed by atoms with Crippen molar-refractivity contribution in [1.29, 1.82) is 0 Å². The smallest absolute Gasteiger partial charge is 0.226 e. The van der Waals surface area contributed by atoms with E-state index in [1.54, 1.807) is 19.1 Å². The highest BCUT2D eigenvalue weighted by Crippen LogP contribution is 2.05. The zero-order valence-electron chi connectivity index (χ0n) is 6.28. The molecular formula is C8H10O3. The Kier molecular flexibility index (Phi) is 2.44. The monoisotopic (exact) mass is 154 g/mol. The highest BCUT2D eigenvalue weighted by molar-refractivity contribution is 5.96. The van der Waals surface area contributed by atoms with Gasteiger partial charge in [0, 0.05) is 0 Å². The van der Waals surface area contributed by atoms with Crippen LogP contribution >= 0.6 is 0 Å². The van der Waals surface area contributed by atoms with Gasteiger partial charge in [-0.3, -0.25) is 4.79 Å². The van der Waals surface area contributed by atoms with Crippen LogP contribution in [0.2, 0.25) is 0 Å². The maximum atomic E-state index is 11.1. The summed E-state index contributed by atoms with van der Waals surface area (Å²) >= 11 is 0. The summed E-state index contributed by atoms with van der Waals surface area (Å²) in [6.07, 6.45) is 0.899. The molecule has 0 amide bonds. The lowest BCUT2D eigenvalue weighted by Crippen LogP contribution is -2.18. The maximum Gasteiger partial charge on any atom is 0.226 e. The number of Topliss-reactive ketones (excluding diaryl/α,β-unsaturated/α-hetero) is 1. The van der Waals surface area contributed by atoms with E-state index >= 15 is 0 Å². The van der Waals surface area contributed by atoms with E-state index in [4.69, 9.17) is 9.52 Å². The number of hydrogen-bond acceptors (Lipinski definition) is 3. The number of aliphatic hydroxyl groups excluding tert-OH is 1. The maximum absolute atomic E-state index is 11.1. The van der Waals surface area contributed by atoms with Crippen LogP contribution in [0.5, 0.6) is 0 Å². The van der Waals surface area contributed by atoms with Crippen molar-refractivity contribution in [2.75, 3.05) is 0 Å². The van der Waals surface area contributed by atoms with Gasteiger partial charge >= 0.3 is 0 Å². The van der Waals surface area contributed by atoms with Crippen LogP contribution in [0.15, 0.2) is 22.8 Å². The Morgan fingerprint density at radius 2 is 2.55 bits per heavy atom. The summed E-state index contributed by atoms with van der Waals surface area (Å²) in [5.74, 6) is -0.128. The average molecular weight is 154 g/mol. The van der Waals surface area contributed by atoms with E-state index < -0.39 is 6.10 Å². The first-order chi connectivity index (χ1) is 5.25. The molecule has 1 unspecified atom stereocenters. The normalized spacial score (nSPS) is 12.9. The first-order valence-electron chi connectivity index (χ1n) is 3.51. The van der Waals surface area contributed by atoms with Crippen LogP contribution in [0.1, 0.15) is 23.9 Å². The number of carbonyl (C=O) groups excluding carboxylic acids is 1. The number of rotatable bonds is 3. The third kappa shape index (κ3) is 1.68. The van der Waals surface area contributed by atoms with Crippen LogP contribution in [0.3, 0.4) is 0 Å². The van der Waals surface area contributed by atoms with E-state index in [1.807, 2.05) is 0 Å². The molecule has 60 valence electrons. The summed E-state index contributed by atoms with van der Waals surface area (Å²) in [7, 11) is 0. The Bertz CT molecular complexity index is 225. The summed E-state index contributed by atoms with van der Waals surface area (Å²) in [6, 6.07) is 3.16. The van der Waals surface area contributed by atoms with Gasteiger partial charge in [0.1, 0.15) is 6.10 Å². The van der Waals surface area contributed by atoms with Crippen molar-refractivity contribution in [2.45, 2.75) is 19.4 Å². The van der Waals surface area contributed by atoms with Crippen LogP contribution in [-0.2, 0) is 0 Å². The molecule has 0 aliphatic rings. The molecule has 0 radical (unpaired) electrons. The number of carbonyl (C=O) groups is 1. The molecule has 0 saturated heterocycles. The molecule has 3 nitrogen and oxygen atoms in total. The summed E-state index contributed by atoms with van der Waals surface area (Å²) in [5, 5.41) is 9.09. The number of aliphatic hydroxyl groups is 1. The van der Waals surface area contributed by atoms with E-state index in [0.29, 0.717) is 6.42 Å². The lowest BCUT2D eigenvalue weighted by atomic mass is 10.1. The van der Waals surface area contributed by atoms with E-state index in [0.717, 1.165) is 0 Å². The summed E-state index contributed by atoms with van der Waals surface area (Å²) in [4.78, 5) is 11.1. The van der Waals surface area contributed by atoms with E-state index in [2.05, 4.69) is 0 Å². The highest BCUT2D eigenvalue weighted by Gasteiger charge is 2.16. The van der Waals surface area contributed by atoms with Gasteiger partial charge in [-0.15, -0.1) is 0 Å². The molecule has 1 aromatic heterocycles. The van der Waals surface area contributed by atoms with Crippen LogP contribution in [0, 0.1) is 0 Å². The summed E-state index contributed by atoms with van der Waals surface area (Å²) in [6.45, 7) is 1.74. The first kappa shape index (κ1) is 8.01. The van der Waals surface area contributed by atoms with Gasteiger partial charge in [-0.2, -0.15) is 0 Å². The van der Waals surface area contributed by atoms with Crippen molar-refractivity contribution in [3.8, 4) is 0 Å². The van der Waals surface area contributed by atoms with Crippen molar-refractivity contribution < 1.29 is 14.3 Å². The van der Waals surface area contributed by atoms with Gasteiger partial charge < -0.3 is 9.52 Å². The van der Waals surface area contributed by atoms with Crippen LogP contribution < -0.4 is 0 Å². The minimum Gasteiger partial charge on any atom is -0.461 e. The van der Waals surface area contributed by atoms with E-state index in [-0.39, 0.29) is 11.5 Å². The van der Waals surface area contributed by atoms with Crippen molar-refractivity contribution >= 4 is 5.78 Å². The van der Waals surface area contributed by atoms with Crippen molar-refractivity contribution in [1.82, 2.24) is 0 Å². The van der Waals surface area contributed by atoms with Gasteiger partial charge in [-0.25, -0.2) is 0 Å². The molecule has 1 heterocycles. The van der Waals surface area contributed by atoms with Gasteiger partial charge in [0.2, 0.25) is 5.78 Å². The predicted octanol–water partition coefficient (Wildman–Crippen LogP) is 1.23. The first-order valence-corrected chi connectivity index (χ1v) is 3.51. The SMILES string of the molecule is CCC(O)C(=O)c1ccco1. The minimum atomic E-state index is -0.929. The zero-order chi connectivity index (χ0) is 8.27. The molecule has 0 bridgehead atoms. The molecule has 0 aliphatic heterocycles. The average Bonchev–Trinajstić information content (AvgIpc) is 2.53. The van der Waals surface area contributed by atoms with Gasteiger partial charge in [0.15, 0.2) is 5.76 Å². The van der Waals surface area contributed by atoms with Gasteiger partial charge in [0.25, 0.3) is 0 Å². The topological polar surface area (TPSA) is 50.4 Å². The Hall–Kier alpha value is -1.09. The fourth-order valence-corrected chi connectivity index (χ4v) is 0.768. The lowest BCUT2D eigenvalue weighted by Gasteiger charge is -2.01. The van der Waals surface area contributed by atoms with E-state index in [1.165, 1.54) is 6.26 Å². The van der Waals surface area contributed by atoms with Gasteiger partial charge in [-0.1, -0.05) is 6.92 Å². The second kappa shape index (κ2) is 3.34. The highest BCUT2D eigenvalue weighted by atomic mass is 16.3. The molecule has 1 atom stereocenters. The number of ketones is 1. The summed E-state index contributed by atoms with van der Waals surface area (Å²) < 4.78 is 4.81. The summed E-state index contributed by atoms with van der Waals surface area (Å²) in [5.41, 5.74) is 0. The fraction of sp³-hybridized carbons (Fsp3) is 0.375. The standard InChI is InChI=1S/C8H10O3/c1-2-6(9)8(10)7-4-3-5-11-7/h3-6,9H,2H2,1H3. The third-order valence-corrected chi connectivity index (χ3v) is 1.45. The third-order valence-electron chi connectivity index (χ3n) is 1.45. The van der Waals surface area contributed by atoms with Crippen LogP contribution in [0.25, 0.3) is 0 Å². The number of furan rings is 1. The molecule has 0 aliphatic carbocycles. The Morgan fingerprint density at radius 1 is 1.82 bits per heavy atom. The molecule has 1 N–H and O–H groups in total. The Labute approximate surface area is 64.6 Å². The molecule has 1 aromatic rings. The van der Waals surface area contributed by atoms with Gasteiger partial charge in [-0.05, 0) is 18.6 Å². The number of hydrogen-bond donors (Lipinski definition) is 1. The Balaban J connectivity index is 2.70. The molecule has 0 spiro atoms. The molecule has 3 heteroatoms. The van der Waals surface area contributed by atoms with Gasteiger partial charge in [0.05, 0.1) is 6.26 Å².